The maximum absolute atomic E-state index is 10.9. The lowest BCUT2D eigenvalue weighted by Crippen LogP contribution is -2.04. The van der Waals surface area contributed by atoms with Crippen molar-refractivity contribution in [2.45, 2.75) is 20.3 Å². The van der Waals surface area contributed by atoms with Crippen molar-refractivity contribution in [1.29, 1.82) is 0 Å². The smallest absolute Gasteiger partial charge is 0.305 e. The van der Waals surface area contributed by atoms with E-state index in [0.29, 0.717) is 18.8 Å². The Hall–Kier alpha value is -2.37. The first kappa shape index (κ1) is 15.7. The summed E-state index contributed by atoms with van der Waals surface area (Å²) >= 11 is 0. The molecule has 0 fully saturated rings. The van der Waals surface area contributed by atoms with Crippen molar-refractivity contribution in [2.75, 3.05) is 13.2 Å². The van der Waals surface area contributed by atoms with E-state index in [1.54, 1.807) is 25.1 Å². The first-order valence-corrected chi connectivity index (χ1v) is 6.21. The van der Waals surface area contributed by atoms with Gasteiger partial charge in [-0.1, -0.05) is 6.92 Å². The number of nitro groups is 1. The van der Waals surface area contributed by atoms with E-state index in [0.717, 1.165) is 5.57 Å². The summed E-state index contributed by atoms with van der Waals surface area (Å²) < 4.78 is 10.4. The molecule has 0 N–H and O–H groups in total. The molecule has 0 heterocycles. The summed E-state index contributed by atoms with van der Waals surface area (Å²) in [7, 11) is 0. The molecule has 0 amide bonds. The average molecular weight is 279 g/mol. The van der Waals surface area contributed by atoms with E-state index in [2.05, 4.69) is 0 Å². The summed E-state index contributed by atoms with van der Waals surface area (Å²) in [5.41, 5.74) is 0.934. The van der Waals surface area contributed by atoms with E-state index in [-0.39, 0.29) is 18.3 Å². The Bertz CT molecular complexity index is 493. The van der Waals surface area contributed by atoms with Crippen molar-refractivity contribution in [3.63, 3.8) is 0 Å². The predicted molar refractivity (Wildman–Crippen MR) is 73.6 cm³/mol. The number of benzene rings is 1. The third kappa shape index (κ3) is 5.51. The lowest BCUT2D eigenvalue weighted by molar-refractivity contribution is -0.384. The van der Waals surface area contributed by atoms with Crippen LogP contribution in [-0.4, -0.2) is 24.1 Å². The number of hydrogen-bond acceptors (Lipinski definition) is 5. The van der Waals surface area contributed by atoms with Gasteiger partial charge in [-0.25, -0.2) is 0 Å². The van der Waals surface area contributed by atoms with Crippen LogP contribution in [0.2, 0.25) is 0 Å². The second kappa shape index (κ2) is 7.93. The number of esters is 1. The Morgan fingerprint density at radius 1 is 1.35 bits per heavy atom. The van der Waals surface area contributed by atoms with Gasteiger partial charge in [0.1, 0.15) is 19.0 Å². The molecule has 0 aliphatic heterocycles. The molecule has 0 unspecified atom stereocenters. The summed E-state index contributed by atoms with van der Waals surface area (Å²) in [5, 5.41) is 10.5. The molecule has 0 bridgehead atoms. The highest BCUT2D eigenvalue weighted by molar-refractivity contribution is 5.68. The number of carbonyl (C=O) groups is 1. The highest BCUT2D eigenvalue weighted by Gasteiger charge is 2.04. The minimum Gasteiger partial charge on any atom is -0.489 e. The zero-order valence-electron chi connectivity index (χ0n) is 11.5. The number of nitro benzene ring substituents is 1. The summed E-state index contributed by atoms with van der Waals surface area (Å²) in [5.74, 6) is 0.305. The Morgan fingerprint density at radius 3 is 2.55 bits per heavy atom. The van der Waals surface area contributed by atoms with E-state index in [1.807, 2.05) is 6.92 Å². The first-order chi connectivity index (χ1) is 9.52. The van der Waals surface area contributed by atoms with Crippen molar-refractivity contribution in [1.82, 2.24) is 0 Å². The lowest BCUT2D eigenvalue weighted by atomic mass is 10.3. The highest BCUT2D eigenvalue weighted by Crippen LogP contribution is 2.17. The van der Waals surface area contributed by atoms with E-state index in [4.69, 9.17) is 9.47 Å². The maximum atomic E-state index is 10.9. The van der Waals surface area contributed by atoms with Crippen LogP contribution in [0.4, 0.5) is 5.69 Å². The van der Waals surface area contributed by atoms with Gasteiger partial charge in [0.15, 0.2) is 0 Å². The molecular formula is C14H17NO5. The predicted octanol–water partition coefficient (Wildman–Crippen LogP) is 2.87. The molecule has 1 aromatic carbocycles. The van der Waals surface area contributed by atoms with Gasteiger partial charge in [0.05, 0.1) is 4.92 Å². The second-order valence-corrected chi connectivity index (χ2v) is 4.13. The Balaban J connectivity index is 2.40. The van der Waals surface area contributed by atoms with Gasteiger partial charge in [-0.05, 0) is 30.7 Å². The van der Waals surface area contributed by atoms with E-state index < -0.39 is 4.92 Å². The van der Waals surface area contributed by atoms with Crippen LogP contribution < -0.4 is 4.74 Å². The van der Waals surface area contributed by atoms with Gasteiger partial charge in [0.2, 0.25) is 0 Å². The second-order valence-electron chi connectivity index (χ2n) is 4.13. The van der Waals surface area contributed by atoms with Crippen LogP contribution in [-0.2, 0) is 9.53 Å². The third-order valence-electron chi connectivity index (χ3n) is 2.48. The standard InChI is InChI=1S/C14H17NO5/c1-3-14(16)19-9-8-11(2)10-20-13-6-4-12(5-7-13)15(17)18/h4-8H,3,9-10H2,1-2H3/b11-8+. The number of nitrogens with zero attached hydrogens (tertiary/aromatic N) is 1. The topological polar surface area (TPSA) is 78.7 Å². The van der Waals surface area contributed by atoms with Gasteiger partial charge in [0, 0.05) is 18.6 Å². The molecule has 6 heteroatoms. The summed E-state index contributed by atoms with van der Waals surface area (Å²) in [6.07, 6.45) is 2.12. The van der Waals surface area contributed by atoms with Crippen molar-refractivity contribution >= 4 is 11.7 Å². The largest absolute Gasteiger partial charge is 0.489 e. The molecule has 1 aromatic rings. The number of carbonyl (C=O) groups excluding carboxylic acids is 1. The molecule has 108 valence electrons. The van der Waals surface area contributed by atoms with Crippen LogP contribution in [0.1, 0.15) is 20.3 Å². The summed E-state index contributed by atoms with van der Waals surface area (Å²) in [6, 6.07) is 5.86. The fourth-order valence-electron chi connectivity index (χ4n) is 1.30. The van der Waals surface area contributed by atoms with Gasteiger partial charge in [-0.15, -0.1) is 0 Å². The Morgan fingerprint density at radius 2 is 2.00 bits per heavy atom. The number of hydrogen-bond donors (Lipinski definition) is 0. The molecule has 20 heavy (non-hydrogen) atoms. The van der Waals surface area contributed by atoms with Crippen molar-refractivity contribution in [3.05, 3.63) is 46.0 Å². The molecule has 0 atom stereocenters. The van der Waals surface area contributed by atoms with Crippen LogP contribution in [0, 0.1) is 10.1 Å². The molecule has 0 radical (unpaired) electrons. The summed E-state index contributed by atoms with van der Waals surface area (Å²) in [6.45, 7) is 4.14. The molecule has 0 aromatic heterocycles. The number of non-ortho nitro benzene ring substituents is 1. The zero-order chi connectivity index (χ0) is 15.0. The molecule has 0 saturated carbocycles. The Labute approximate surface area is 117 Å². The highest BCUT2D eigenvalue weighted by atomic mass is 16.6. The lowest BCUT2D eigenvalue weighted by Gasteiger charge is -2.06. The fraction of sp³-hybridized carbons (Fsp3) is 0.357. The van der Waals surface area contributed by atoms with E-state index >= 15 is 0 Å². The van der Waals surface area contributed by atoms with Crippen LogP contribution in [0.25, 0.3) is 0 Å². The van der Waals surface area contributed by atoms with Crippen molar-refractivity contribution in [2.24, 2.45) is 0 Å². The van der Waals surface area contributed by atoms with Crippen LogP contribution in [0.3, 0.4) is 0 Å². The quantitative estimate of drug-likeness (QED) is 0.332. The van der Waals surface area contributed by atoms with E-state index in [9.17, 15) is 14.9 Å². The van der Waals surface area contributed by atoms with Crippen molar-refractivity contribution in [3.8, 4) is 5.75 Å². The van der Waals surface area contributed by atoms with Gasteiger partial charge in [-0.2, -0.15) is 0 Å². The molecule has 1 rings (SSSR count). The normalized spacial score (nSPS) is 11.0. The molecular weight excluding hydrogens is 262 g/mol. The zero-order valence-corrected chi connectivity index (χ0v) is 11.5. The van der Waals surface area contributed by atoms with Gasteiger partial charge >= 0.3 is 5.97 Å². The molecule has 6 nitrogen and oxygen atoms in total. The minimum absolute atomic E-state index is 0.0242. The van der Waals surface area contributed by atoms with Gasteiger partial charge < -0.3 is 9.47 Å². The van der Waals surface area contributed by atoms with Crippen LogP contribution in [0.15, 0.2) is 35.9 Å². The average Bonchev–Trinajstić information content (AvgIpc) is 2.45. The maximum Gasteiger partial charge on any atom is 0.305 e. The molecule has 0 saturated heterocycles. The van der Waals surface area contributed by atoms with Crippen LogP contribution >= 0.6 is 0 Å². The van der Waals surface area contributed by atoms with Gasteiger partial charge in [0.25, 0.3) is 5.69 Å². The molecule has 0 spiro atoms. The molecule has 0 aliphatic rings. The van der Waals surface area contributed by atoms with Crippen molar-refractivity contribution < 1.29 is 19.2 Å². The third-order valence-corrected chi connectivity index (χ3v) is 2.48. The number of rotatable bonds is 7. The van der Waals surface area contributed by atoms with E-state index in [1.165, 1.54) is 12.1 Å². The fourth-order valence-corrected chi connectivity index (χ4v) is 1.30. The Kier molecular flexibility index (Phi) is 6.22. The monoisotopic (exact) mass is 279 g/mol. The SMILES string of the molecule is CCC(=O)OC/C=C(\C)COc1ccc([N+](=O)[O-])cc1. The van der Waals surface area contributed by atoms with Gasteiger partial charge in [-0.3, -0.25) is 14.9 Å². The number of ether oxygens (including phenoxy) is 2. The minimum atomic E-state index is -0.461. The van der Waals surface area contributed by atoms with Crippen LogP contribution in [0.5, 0.6) is 5.75 Å². The first-order valence-electron chi connectivity index (χ1n) is 6.21. The molecule has 0 aliphatic carbocycles. The summed E-state index contributed by atoms with van der Waals surface area (Å²) in [4.78, 5) is 21.0.